The third-order valence-electron chi connectivity index (χ3n) is 3.64. The fourth-order valence-electron chi connectivity index (χ4n) is 2.53. The zero-order valence-electron chi connectivity index (χ0n) is 14.1. The summed E-state index contributed by atoms with van der Waals surface area (Å²) in [6, 6.07) is 6.05. The number of benzene rings is 1. The van der Waals surface area contributed by atoms with Crippen molar-refractivity contribution in [2.45, 2.75) is 19.9 Å². The molecule has 0 spiro atoms. The Balaban J connectivity index is 2.24. The second-order valence-corrected chi connectivity index (χ2v) is 6.36. The maximum atomic E-state index is 13.9. The third kappa shape index (κ3) is 4.63. The molecule has 25 heavy (non-hydrogen) atoms. The number of methoxy groups -OCH3 is 1. The van der Waals surface area contributed by atoms with Crippen molar-refractivity contribution in [1.82, 2.24) is 4.90 Å². The number of carbonyl (C=O) groups excluding carboxylic acids is 2. The Hall–Kier alpha value is -2.27. The van der Waals surface area contributed by atoms with Crippen molar-refractivity contribution in [3.63, 3.8) is 0 Å². The van der Waals surface area contributed by atoms with Gasteiger partial charge in [-0.1, -0.05) is 0 Å². The summed E-state index contributed by atoms with van der Waals surface area (Å²) in [6.07, 6.45) is 3.87. The Bertz CT molecular complexity index is 760. The van der Waals surface area contributed by atoms with E-state index in [1.165, 1.54) is 29.1 Å². The van der Waals surface area contributed by atoms with E-state index in [2.05, 4.69) is 15.0 Å². The number of anilines is 1. The molecule has 2 amide bonds. The van der Waals surface area contributed by atoms with Crippen molar-refractivity contribution in [3.05, 3.63) is 54.0 Å². The van der Waals surface area contributed by atoms with Crippen LogP contribution in [-0.4, -0.2) is 41.1 Å². The topological polar surface area (TPSA) is 49.9 Å². The van der Waals surface area contributed by atoms with Gasteiger partial charge in [0.15, 0.2) is 0 Å². The van der Waals surface area contributed by atoms with Crippen LogP contribution >= 0.6 is 0 Å². The van der Waals surface area contributed by atoms with Crippen LogP contribution in [0.4, 0.5) is 14.9 Å². The molecular formula is C18H19FN2NiO3. The van der Waals surface area contributed by atoms with E-state index in [0.29, 0.717) is 22.3 Å². The van der Waals surface area contributed by atoms with Gasteiger partial charge in [0.2, 0.25) is 0 Å². The van der Waals surface area contributed by atoms with Gasteiger partial charge >= 0.3 is 137 Å². The van der Waals surface area contributed by atoms with Gasteiger partial charge in [0.1, 0.15) is 0 Å². The molecule has 0 saturated carbocycles. The minimum absolute atomic E-state index is 0.178. The van der Waals surface area contributed by atoms with E-state index in [1.54, 1.807) is 31.2 Å². The van der Waals surface area contributed by atoms with E-state index in [4.69, 9.17) is 4.74 Å². The van der Waals surface area contributed by atoms with Crippen LogP contribution in [0.25, 0.3) is 0 Å². The van der Waals surface area contributed by atoms with Crippen molar-refractivity contribution in [1.29, 1.82) is 0 Å². The molecule has 0 aliphatic carbocycles. The predicted molar refractivity (Wildman–Crippen MR) is 90.8 cm³/mol. The van der Waals surface area contributed by atoms with Crippen molar-refractivity contribution in [2.75, 3.05) is 18.6 Å². The summed E-state index contributed by atoms with van der Waals surface area (Å²) >= 11 is 4.56. The van der Waals surface area contributed by atoms with E-state index in [9.17, 15) is 14.0 Å². The molecule has 1 aliphatic rings. The normalized spacial score (nSPS) is 18.2. The average molecular weight is 389 g/mol. The number of halogens is 1. The van der Waals surface area contributed by atoms with Crippen LogP contribution in [0.2, 0.25) is 0 Å². The van der Waals surface area contributed by atoms with Crippen LogP contribution in [0.15, 0.2) is 48.4 Å². The first-order valence-electron chi connectivity index (χ1n) is 7.63. The number of ether oxygens (including phenoxy) is 1. The Morgan fingerprint density at radius 3 is 2.76 bits per heavy atom. The maximum absolute atomic E-state index is 13.9. The number of carbonyl (C=O) groups is 2. The first-order valence-corrected chi connectivity index (χ1v) is 8.12. The zero-order chi connectivity index (χ0) is 18.6. The van der Waals surface area contributed by atoms with Gasteiger partial charge in [-0.3, -0.25) is 0 Å². The molecule has 1 heterocycles. The Kier molecular flexibility index (Phi) is 6.26. The molecule has 1 aromatic rings. The second kappa shape index (κ2) is 8.21. The van der Waals surface area contributed by atoms with E-state index in [-0.39, 0.29) is 12.1 Å². The van der Waals surface area contributed by atoms with Crippen LogP contribution in [0, 0.1) is 0 Å². The van der Waals surface area contributed by atoms with Crippen molar-refractivity contribution in [3.8, 4) is 0 Å². The quantitative estimate of drug-likeness (QED) is 0.442. The molecule has 0 radical (unpaired) electrons. The van der Waals surface area contributed by atoms with E-state index < -0.39 is 11.8 Å². The van der Waals surface area contributed by atoms with Gasteiger partial charge in [-0.25, -0.2) is 4.79 Å². The predicted octanol–water partition coefficient (Wildman–Crippen LogP) is 3.21. The van der Waals surface area contributed by atoms with E-state index in [1.807, 2.05) is 6.92 Å². The Morgan fingerprint density at radius 1 is 1.40 bits per heavy atom. The summed E-state index contributed by atoms with van der Waals surface area (Å²) in [4.78, 5) is 27.1. The number of urea groups is 1. The van der Waals surface area contributed by atoms with Crippen LogP contribution < -0.4 is 4.90 Å². The summed E-state index contributed by atoms with van der Waals surface area (Å²) in [7, 11) is 1.30. The van der Waals surface area contributed by atoms with E-state index in [0.717, 1.165) is 6.20 Å². The molecule has 1 aromatic carbocycles. The molecule has 7 heteroatoms. The summed E-state index contributed by atoms with van der Waals surface area (Å²) in [5, 5.41) is 0. The standard InChI is InChI=1S/C18H19FN2O3.Ni/c1-4-5-8-15(19)12-20-11-13(2)21(18(20)23)16-9-6-7-14(10-16)17(22)24-3;/h5-10,12-13H,11H2,1-3H3;/b8-5-,15-12?;/t13-;/m0./s1. The fraction of sp³-hybridized carbons (Fsp3) is 0.278. The van der Waals surface area contributed by atoms with Gasteiger partial charge in [-0.15, -0.1) is 0 Å². The number of amides is 2. The van der Waals surface area contributed by atoms with E-state index >= 15 is 0 Å². The van der Waals surface area contributed by atoms with Gasteiger partial charge in [0.05, 0.1) is 7.11 Å². The Labute approximate surface area is 153 Å². The fourth-order valence-corrected chi connectivity index (χ4v) is 2.61. The second-order valence-electron chi connectivity index (χ2n) is 5.58. The number of rotatable bonds is 5. The first kappa shape index (κ1) is 19.1. The number of hydrogen-bond donors (Lipinski definition) is 0. The molecule has 1 fully saturated rings. The van der Waals surface area contributed by atoms with Crippen molar-refractivity contribution in [2.24, 2.45) is 0 Å². The molecular weight excluding hydrogens is 370 g/mol. The SMILES string of the molecule is COC(=O)c1cccc(N2C(=O)N(C=C(F)/C=C\[C](C)=[Ni])C[C@@H]2C)c1. The summed E-state index contributed by atoms with van der Waals surface area (Å²) in [6.45, 7) is 3.89. The Morgan fingerprint density at radius 2 is 2.12 bits per heavy atom. The van der Waals surface area contributed by atoms with Gasteiger partial charge in [-0.2, -0.15) is 0 Å². The molecule has 0 N–H and O–H groups in total. The average Bonchev–Trinajstić information content (AvgIpc) is 2.86. The van der Waals surface area contributed by atoms with Crippen LogP contribution in [-0.2, 0) is 19.8 Å². The number of hydrogen-bond acceptors (Lipinski definition) is 3. The van der Waals surface area contributed by atoms with Gasteiger partial charge in [-0.05, 0) is 0 Å². The van der Waals surface area contributed by atoms with Crippen LogP contribution in [0.3, 0.4) is 0 Å². The van der Waals surface area contributed by atoms with Gasteiger partial charge in [0, 0.05) is 0 Å². The monoisotopic (exact) mass is 388 g/mol. The van der Waals surface area contributed by atoms with Crippen LogP contribution in [0.5, 0.6) is 0 Å². The number of allylic oxidation sites excluding steroid dienone is 3. The van der Waals surface area contributed by atoms with Crippen LogP contribution in [0.1, 0.15) is 24.2 Å². The summed E-state index contributed by atoms with van der Waals surface area (Å²) < 4.78 is 19.2. The molecule has 0 aromatic heterocycles. The molecule has 136 valence electrons. The molecule has 5 nitrogen and oxygen atoms in total. The van der Waals surface area contributed by atoms with Gasteiger partial charge in [0.25, 0.3) is 0 Å². The minimum atomic E-state index is -0.554. The first-order chi connectivity index (χ1) is 11.8. The summed E-state index contributed by atoms with van der Waals surface area (Å²) in [5.74, 6) is -1.03. The molecule has 1 atom stereocenters. The third-order valence-corrected chi connectivity index (χ3v) is 3.80. The molecule has 1 saturated heterocycles. The molecule has 0 unspecified atom stereocenters. The summed E-state index contributed by atoms with van der Waals surface area (Å²) in [5.41, 5.74) is 0.907. The number of nitrogens with zero attached hydrogens (tertiary/aromatic N) is 2. The molecule has 2 rings (SSSR count). The van der Waals surface area contributed by atoms with Crippen molar-refractivity contribution >= 4 is 22.2 Å². The molecule has 0 bridgehead atoms. The molecule has 1 aliphatic heterocycles. The van der Waals surface area contributed by atoms with Gasteiger partial charge < -0.3 is 4.74 Å². The zero-order valence-corrected chi connectivity index (χ0v) is 15.1. The number of esters is 1. The van der Waals surface area contributed by atoms with Crippen molar-refractivity contribution < 1.29 is 33.7 Å².